The van der Waals surface area contributed by atoms with E-state index >= 15 is 0 Å². The van der Waals surface area contributed by atoms with E-state index in [1.54, 1.807) is 24.3 Å². The Morgan fingerprint density at radius 3 is 2.67 bits per heavy atom. The first-order valence-electron chi connectivity index (χ1n) is 11.2. The monoisotopic (exact) mass is 439 g/mol. The zero-order chi connectivity index (χ0) is 23.4. The molecule has 4 rings (SSSR count). The molecule has 6 heteroatoms. The lowest BCUT2D eigenvalue weighted by molar-refractivity contribution is 0.102. The van der Waals surface area contributed by atoms with Crippen LogP contribution < -0.4 is 11.1 Å². The van der Waals surface area contributed by atoms with Gasteiger partial charge in [0.2, 0.25) is 0 Å². The fraction of sp³-hybridized carbons (Fsp3) is 0.296. The smallest absolute Gasteiger partial charge is 0.255 e. The maximum absolute atomic E-state index is 12.6. The van der Waals surface area contributed by atoms with Crippen molar-refractivity contribution >= 4 is 17.3 Å². The van der Waals surface area contributed by atoms with Crippen LogP contribution in [0.15, 0.2) is 60.8 Å². The van der Waals surface area contributed by atoms with E-state index in [1.807, 2.05) is 36.5 Å². The topological polar surface area (TPSA) is 95.0 Å². The number of nitrogen functional groups attached to an aromatic ring is 1. The van der Waals surface area contributed by atoms with Crippen LogP contribution in [0.1, 0.15) is 48.2 Å². The summed E-state index contributed by atoms with van der Waals surface area (Å²) in [6.45, 7) is 7.53. The van der Waals surface area contributed by atoms with Crippen LogP contribution in [0.25, 0.3) is 11.3 Å². The van der Waals surface area contributed by atoms with Gasteiger partial charge in [0.15, 0.2) is 0 Å². The summed E-state index contributed by atoms with van der Waals surface area (Å²) in [5.41, 5.74) is 10.8. The Kier molecular flexibility index (Phi) is 6.43. The Balaban J connectivity index is 1.49. The van der Waals surface area contributed by atoms with Gasteiger partial charge in [-0.15, -0.1) is 0 Å². The van der Waals surface area contributed by atoms with Gasteiger partial charge in [0, 0.05) is 30.4 Å². The molecule has 0 aliphatic carbocycles. The van der Waals surface area contributed by atoms with Crippen LogP contribution in [0.3, 0.4) is 0 Å². The maximum atomic E-state index is 12.6. The largest absolute Gasteiger partial charge is 0.397 e. The third-order valence-electron chi connectivity index (χ3n) is 6.08. The number of piperidine rings is 1. The quantitative estimate of drug-likeness (QED) is 0.541. The summed E-state index contributed by atoms with van der Waals surface area (Å²) >= 11 is 0. The number of likely N-dealkylation sites (tertiary alicyclic amines) is 1. The van der Waals surface area contributed by atoms with E-state index in [1.165, 1.54) is 12.8 Å². The molecule has 1 aromatic heterocycles. The molecule has 1 fully saturated rings. The predicted molar refractivity (Wildman–Crippen MR) is 131 cm³/mol. The average Bonchev–Trinajstić information content (AvgIpc) is 2.80. The normalized spacial score (nSPS) is 15.5. The van der Waals surface area contributed by atoms with Crippen LogP contribution in [-0.2, 0) is 6.54 Å². The van der Waals surface area contributed by atoms with Crippen molar-refractivity contribution in [2.45, 2.75) is 33.2 Å². The second kappa shape index (κ2) is 9.43. The zero-order valence-electron chi connectivity index (χ0n) is 19.1. The SMILES string of the molecule is CC1(C)CCCN(Cc2cnc(-c3ccc(C(=O)Nc4ccccc4N)cc3)c(C#N)c2)C1. The standard InChI is InChI=1S/C27H29N5O/c1-27(2)12-5-13-32(18-27)17-19-14-22(15-28)25(30-16-19)20-8-10-21(11-9-20)26(33)31-24-7-4-3-6-23(24)29/h3-4,6-11,14,16H,5,12-13,17-18,29H2,1-2H3,(H,31,33). The van der Waals surface area contributed by atoms with E-state index in [9.17, 15) is 10.1 Å². The van der Waals surface area contributed by atoms with Crippen molar-refractivity contribution in [3.8, 4) is 17.3 Å². The summed E-state index contributed by atoms with van der Waals surface area (Å²) in [5.74, 6) is -0.243. The molecule has 1 amide bonds. The third kappa shape index (κ3) is 5.39. The number of amides is 1. The number of carbonyl (C=O) groups is 1. The van der Waals surface area contributed by atoms with Crippen molar-refractivity contribution in [3.05, 3.63) is 77.5 Å². The number of hydrogen-bond acceptors (Lipinski definition) is 5. The first-order valence-corrected chi connectivity index (χ1v) is 11.2. The van der Waals surface area contributed by atoms with Crippen LogP contribution in [0.2, 0.25) is 0 Å². The number of nitriles is 1. The Bertz CT molecular complexity index is 1190. The predicted octanol–water partition coefficient (Wildman–Crippen LogP) is 5.08. The number of nitrogens with one attached hydrogen (secondary N) is 1. The van der Waals surface area contributed by atoms with Gasteiger partial charge in [-0.2, -0.15) is 5.26 Å². The van der Waals surface area contributed by atoms with Gasteiger partial charge in [-0.1, -0.05) is 38.1 Å². The van der Waals surface area contributed by atoms with Crippen LogP contribution in [0.5, 0.6) is 0 Å². The van der Waals surface area contributed by atoms with E-state index in [4.69, 9.17) is 5.73 Å². The maximum Gasteiger partial charge on any atom is 0.255 e. The number of nitrogens with two attached hydrogens (primary N) is 1. The molecule has 1 saturated heterocycles. The number of aromatic nitrogens is 1. The summed E-state index contributed by atoms with van der Waals surface area (Å²) in [4.78, 5) is 19.6. The number of benzene rings is 2. The molecule has 0 bridgehead atoms. The molecule has 1 aliphatic rings. The van der Waals surface area contributed by atoms with Gasteiger partial charge < -0.3 is 11.1 Å². The van der Waals surface area contributed by atoms with E-state index in [0.29, 0.717) is 33.6 Å². The molecule has 2 aromatic carbocycles. The molecule has 0 atom stereocenters. The molecule has 0 radical (unpaired) electrons. The van der Waals surface area contributed by atoms with Crippen molar-refractivity contribution < 1.29 is 4.79 Å². The van der Waals surface area contributed by atoms with E-state index < -0.39 is 0 Å². The minimum atomic E-state index is -0.243. The molecule has 6 nitrogen and oxygen atoms in total. The minimum Gasteiger partial charge on any atom is -0.397 e. The number of para-hydroxylation sites is 2. The Morgan fingerprint density at radius 1 is 1.21 bits per heavy atom. The fourth-order valence-corrected chi connectivity index (χ4v) is 4.43. The number of hydrogen-bond donors (Lipinski definition) is 2. The second-order valence-corrected chi connectivity index (χ2v) is 9.45. The summed E-state index contributed by atoms with van der Waals surface area (Å²) < 4.78 is 0. The molecule has 0 saturated carbocycles. The van der Waals surface area contributed by atoms with Crippen molar-refractivity contribution in [2.75, 3.05) is 24.1 Å². The highest BCUT2D eigenvalue weighted by Crippen LogP contribution is 2.30. The summed E-state index contributed by atoms with van der Waals surface area (Å²) in [6, 6.07) is 18.5. The Labute approximate surface area is 195 Å². The van der Waals surface area contributed by atoms with Gasteiger partial charge in [0.1, 0.15) is 6.07 Å². The highest BCUT2D eigenvalue weighted by Gasteiger charge is 2.26. The fourth-order valence-electron chi connectivity index (χ4n) is 4.43. The van der Waals surface area contributed by atoms with Gasteiger partial charge in [0.05, 0.1) is 22.6 Å². The zero-order valence-corrected chi connectivity index (χ0v) is 19.1. The number of nitrogens with zero attached hydrogens (tertiary/aromatic N) is 3. The molecule has 168 valence electrons. The Morgan fingerprint density at radius 2 is 1.97 bits per heavy atom. The lowest BCUT2D eigenvalue weighted by Crippen LogP contribution is -2.39. The third-order valence-corrected chi connectivity index (χ3v) is 6.08. The van der Waals surface area contributed by atoms with Crippen molar-refractivity contribution in [1.82, 2.24) is 9.88 Å². The number of anilines is 2. The molecule has 3 aromatic rings. The number of carbonyl (C=O) groups excluding carboxylic acids is 1. The van der Waals surface area contributed by atoms with E-state index in [-0.39, 0.29) is 5.91 Å². The van der Waals surface area contributed by atoms with Crippen LogP contribution >= 0.6 is 0 Å². The molecule has 1 aliphatic heterocycles. The van der Waals surface area contributed by atoms with Gasteiger partial charge in [-0.25, -0.2) is 0 Å². The molecule has 3 N–H and O–H groups in total. The number of pyridine rings is 1. The molecule has 0 spiro atoms. The summed E-state index contributed by atoms with van der Waals surface area (Å²) in [7, 11) is 0. The summed E-state index contributed by atoms with van der Waals surface area (Å²) in [5, 5.41) is 12.6. The van der Waals surface area contributed by atoms with Crippen molar-refractivity contribution in [3.63, 3.8) is 0 Å². The van der Waals surface area contributed by atoms with Gasteiger partial charge in [-0.3, -0.25) is 14.7 Å². The molecule has 2 heterocycles. The van der Waals surface area contributed by atoms with Crippen LogP contribution in [-0.4, -0.2) is 28.9 Å². The number of rotatable bonds is 5. The average molecular weight is 440 g/mol. The van der Waals surface area contributed by atoms with Crippen molar-refractivity contribution in [1.29, 1.82) is 5.26 Å². The van der Waals surface area contributed by atoms with Crippen molar-refractivity contribution in [2.24, 2.45) is 5.41 Å². The first kappa shape index (κ1) is 22.5. The van der Waals surface area contributed by atoms with Gasteiger partial charge >= 0.3 is 0 Å². The molecular weight excluding hydrogens is 410 g/mol. The Hall–Kier alpha value is -3.69. The highest BCUT2D eigenvalue weighted by molar-refractivity contribution is 6.05. The molecule has 33 heavy (non-hydrogen) atoms. The lowest BCUT2D eigenvalue weighted by atomic mass is 9.84. The van der Waals surface area contributed by atoms with Gasteiger partial charge in [0.25, 0.3) is 5.91 Å². The van der Waals surface area contributed by atoms with E-state index in [0.717, 1.165) is 30.8 Å². The first-order chi connectivity index (χ1) is 15.8. The molecule has 0 unspecified atom stereocenters. The minimum absolute atomic E-state index is 0.243. The summed E-state index contributed by atoms with van der Waals surface area (Å²) in [6.07, 6.45) is 4.30. The van der Waals surface area contributed by atoms with E-state index in [2.05, 4.69) is 35.1 Å². The van der Waals surface area contributed by atoms with Crippen LogP contribution in [0, 0.1) is 16.7 Å². The van der Waals surface area contributed by atoms with Gasteiger partial charge in [-0.05, 0) is 60.7 Å². The molecular formula is C27H29N5O. The second-order valence-electron chi connectivity index (χ2n) is 9.45. The van der Waals surface area contributed by atoms with Crippen LogP contribution in [0.4, 0.5) is 11.4 Å². The lowest BCUT2D eigenvalue weighted by Gasteiger charge is -2.38. The highest BCUT2D eigenvalue weighted by atomic mass is 16.1.